The standard InChI is InChI=1S/C23H25ClN4O/c1-3-20-23(24)22-19(14(2)28-8-7-16(26)13-28)10-18(11-21(22)27-20)29-17-6-4-5-15(9-17)12-25/h4-6,9-11,14,16,27H,3,7-8,13,26H2,1-2H3. The molecule has 29 heavy (non-hydrogen) atoms. The number of ether oxygens (including phenoxy) is 1. The summed E-state index contributed by atoms with van der Waals surface area (Å²) in [5, 5.41) is 11.0. The van der Waals surface area contributed by atoms with Crippen molar-refractivity contribution in [1.82, 2.24) is 9.88 Å². The van der Waals surface area contributed by atoms with Gasteiger partial charge in [-0.3, -0.25) is 4.90 Å². The number of likely N-dealkylation sites (tertiary alicyclic amines) is 1. The van der Waals surface area contributed by atoms with Crippen molar-refractivity contribution in [3.05, 3.63) is 58.2 Å². The van der Waals surface area contributed by atoms with Crippen LogP contribution in [0, 0.1) is 11.3 Å². The Bertz CT molecular complexity index is 1080. The van der Waals surface area contributed by atoms with E-state index in [1.165, 1.54) is 0 Å². The molecule has 0 aliphatic carbocycles. The van der Waals surface area contributed by atoms with Crippen LogP contribution < -0.4 is 10.5 Å². The van der Waals surface area contributed by atoms with E-state index in [1.807, 2.05) is 18.2 Å². The number of rotatable bonds is 5. The van der Waals surface area contributed by atoms with E-state index < -0.39 is 0 Å². The highest BCUT2D eigenvalue weighted by molar-refractivity contribution is 6.36. The average Bonchev–Trinajstić information content (AvgIpc) is 3.30. The molecule has 150 valence electrons. The molecule has 2 aromatic carbocycles. The summed E-state index contributed by atoms with van der Waals surface area (Å²) in [5.41, 5.74) is 9.83. The second-order valence-corrected chi connectivity index (χ2v) is 8.05. The lowest BCUT2D eigenvalue weighted by Crippen LogP contribution is -2.28. The monoisotopic (exact) mass is 408 g/mol. The van der Waals surface area contributed by atoms with Crippen LogP contribution >= 0.6 is 11.6 Å². The van der Waals surface area contributed by atoms with Gasteiger partial charge in [-0.15, -0.1) is 0 Å². The van der Waals surface area contributed by atoms with Crippen molar-refractivity contribution in [1.29, 1.82) is 5.26 Å². The summed E-state index contributed by atoms with van der Waals surface area (Å²) in [5.74, 6) is 1.36. The van der Waals surface area contributed by atoms with Crippen molar-refractivity contribution in [3.63, 3.8) is 0 Å². The normalized spacial score (nSPS) is 18.1. The molecule has 0 spiro atoms. The van der Waals surface area contributed by atoms with Gasteiger partial charge < -0.3 is 15.5 Å². The molecule has 1 fully saturated rings. The Kier molecular flexibility index (Phi) is 5.51. The highest BCUT2D eigenvalue weighted by atomic mass is 35.5. The molecule has 1 saturated heterocycles. The van der Waals surface area contributed by atoms with Crippen LogP contribution in [0.3, 0.4) is 0 Å². The molecule has 5 nitrogen and oxygen atoms in total. The number of aromatic amines is 1. The summed E-state index contributed by atoms with van der Waals surface area (Å²) < 4.78 is 6.13. The van der Waals surface area contributed by atoms with E-state index in [2.05, 4.69) is 35.9 Å². The molecule has 3 N–H and O–H groups in total. The molecule has 1 aromatic heterocycles. The second-order valence-electron chi connectivity index (χ2n) is 7.67. The third-order valence-corrected chi connectivity index (χ3v) is 6.14. The van der Waals surface area contributed by atoms with E-state index in [-0.39, 0.29) is 12.1 Å². The Morgan fingerprint density at radius 1 is 1.34 bits per heavy atom. The molecule has 0 amide bonds. The van der Waals surface area contributed by atoms with Crippen molar-refractivity contribution < 1.29 is 4.74 Å². The van der Waals surface area contributed by atoms with Crippen LogP contribution in [0.25, 0.3) is 10.9 Å². The van der Waals surface area contributed by atoms with Crippen LogP contribution in [-0.4, -0.2) is 29.0 Å². The zero-order chi connectivity index (χ0) is 20.5. The van der Waals surface area contributed by atoms with E-state index >= 15 is 0 Å². The molecule has 2 unspecified atom stereocenters. The van der Waals surface area contributed by atoms with Crippen LogP contribution in [0.5, 0.6) is 11.5 Å². The fourth-order valence-corrected chi connectivity index (χ4v) is 4.50. The maximum absolute atomic E-state index is 9.15. The molecule has 2 atom stereocenters. The Labute approximate surface area is 176 Å². The number of nitrogens with one attached hydrogen (secondary N) is 1. The van der Waals surface area contributed by atoms with Gasteiger partial charge in [-0.2, -0.15) is 5.26 Å². The van der Waals surface area contributed by atoms with E-state index in [9.17, 15) is 0 Å². The largest absolute Gasteiger partial charge is 0.457 e. The first-order valence-electron chi connectivity index (χ1n) is 10.0. The Balaban J connectivity index is 1.79. The minimum absolute atomic E-state index is 0.165. The summed E-state index contributed by atoms with van der Waals surface area (Å²) in [6.45, 7) is 6.13. The maximum Gasteiger partial charge on any atom is 0.129 e. The summed E-state index contributed by atoms with van der Waals surface area (Å²) in [7, 11) is 0. The first-order valence-corrected chi connectivity index (χ1v) is 10.4. The van der Waals surface area contributed by atoms with Crippen molar-refractivity contribution in [2.75, 3.05) is 13.1 Å². The van der Waals surface area contributed by atoms with Gasteiger partial charge in [0.2, 0.25) is 0 Å². The van der Waals surface area contributed by atoms with Crippen molar-refractivity contribution in [2.24, 2.45) is 5.73 Å². The minimum Gasteiger partial charge on any atom is -0.457 e. The van der Waals surface area contributed by atoms with Gasteiger partial charge in [-0.1, -0.05) is 24.6 Å². The van der Waals surface area contributed by atoms with Gasteiger partial charge in [0.1, 0.15) is 11.5 Å². The first-order chi connectivity index (χ1) is 14.0. The highest BCUT2D eigenvalue weighted by Gasteiger charge is 2.27. The molecule has 0 saturated carbocycles. The van der Waals surface area contributed by atoms with Gasteiger partial charge in [0.05, 0.1) is 22.2 Å². The minimum atomic E-state index is 0.165. The van der Waals surface area contributed by atoms with Crippen LogP contribution in [-0.2, 0) is 6.42 Å². The molecule has 0 bridgehead atoms. The fourth-order valence-electron chi connectivity index (χ4n) is 4.11. The third-order valence-electron chi connectivity index (χ3n) is 5.72. The number of fused-ring (bicyclic) bond motifs is 1. The molecule has 1 aliphatic heterocycles. The SMILES string of the molecule is CCc1[nH]c2cc(Oc3cccc(C#N)c3)cc(C(C)N3CCC(N)C3)c2c1Cl. The molecule has 0 radical (unpaired) electrons. The van der Waals surface area contributed by atoms with Gasteiger partial charge in [-0.25, -0.2) is 0 Å². The number of nitrogens with two attached hydrogens (primary N) is 1. The number of halogens is 1. The van der Waals surface area contributed by atoms with E-state index in [1.54, 1.807) is 12.1 Å². The molecular formula is C23H25ClN4O. The maximum atomic E-state index is 9.15. The van der Waals surface area contributed by atoms with Gasteiger partial charge >= 0.3 is 0 Å². The van der Waals surface area contributed by atoms with Crippen molar-refractivity contribution in [3.8, 4) is 17.6 Å². The van der Waals surface area contributed by atoms with Crippen molar-refractivity contribution >= 4 is 22.5 Å². The first kappa shape index (κ1) is 19.8. The number of nitrogens with zero attached hydrogens (tertiary/aromatic N) is 2. The topological polar surface area (TPSA) is 78.1 Å². The van der Waals surface area contributed by atoms with Gasteiger partial charge in [0.15, 0.2) is 0 Å². The Hall–Kier alpha value is -2.52. The summed E-state index contributed by atoms with van der Waals surface area (Å²) in [4.78, 5) is 5.85. The molecule has 6 heteroatoms. The fraction of sp³-hybridized carbons (Fsp3) is 0.348. The number of hydrogen-bond donors (Lipinski definition) is 2. The van der Waals surface area contributed by atoms with Gasteiger partial charge in [0.25, 0.3) is 0 Å². The zero-order valence-electron chi connectivity index (χ0n) is 16.7. The quantitative estimate of drug-likeness (QED) is 0.612. The summed E-state index contributed by atoms with van der Waals surface area (Å²) >= 11 is 6.74. The smallest absolute Gasteiger partial charge is 0.129 e. The third kappa shape index (κ3) is 3.84. The molecular weight excluding hydrogens is 384 g/mol. The van der Waals surface area contributed by atoms with Crippen LogP contribution in [0.4, 0.5) is 0 Å². The van der Waals surface area contributed by atoms with E-state index in [0.29, 0.717) is 11.3 Å². The van der Waals surface area contributed by atoms with Crippen molar-refractivity contribution in [2.45, 2.75) is 38.8 Å². The predicted octanol–water partition coefficient (Wildman–Crippen LogP) is 5.14. The number of nitriles is 1. The molecule has 3 aromatic rings. The van der Waals surface area contributed by atoms with Gasteiger partial charge in [0, 0.05) is 42.3 Å². The summed E-state index contributed by atoms with van der Waals surface area (Å²) in [6.07, 6.45) is 1.84. The number of benzene rings is 2. The number of hydrogen-bond acceptors (Lipinski definition) is 4. The number of aryl methyl sites for hydroxylation is 1. The molecule has 2 heterocycles. The lowest BCUT2D eigenvalue weighted by Gasteiger charge is -2.25. The average molecular weight is 409 g/mol. The molecule has 1 aliphatic rings. The lowest BCUT2D eigenvalue weighted by molar-refractivity contribution is 0.261. The predicted molar refractivity (Wildman–Crippen MR) is 116 cm³/mol. The zero-order valence-corrected chi connectivity index (χ0v) is 17.5. The summed E-state index contributed by atoms with van der Waals surface area (Å²) in [6, 6.07) is 13.8. The van der Waals surface area contributed by atoms with E-state index in [4.69, 9.17) is 27.3 Å². The van der Waals surface area contributed by atoms with Crippen LogP contribution in [0.2, 0.25) is 5.02 Å². The number of H-pyrrole nitrogens is 1. The molecule has 4 rings (SSSR count). The van der Waals surface area contributed by atoms with E-state index in [0.717, 1.165) is 58.9 Å². The van der Waals surface area contributed by atoms with Crippen LogP contribution in [0.1, 0.15) is 43.1 Å². The van der Waals surface area contributed by atoms with Gasteiger partial charge in [-0.05, 0) is 49.6 Å². The lowest BCUT2D eigenvalue weighted by atomic mass is 10.0. The Morgan fingerprint density at radius 2 is 2.17 bits per heavy atom. The number of aromatic nitrogens is 1. The highest BCUT2D eigenvalue weighted by Crippen LogP contribution is 2.40. The second kappa shape index (κ2) is 8.08. The van der Waals surface area contributed by atoms with Crippen LogP contribution in [0.15, 0.2) is 36.4 Å². The Morgan fingerprint density at radius 3 is 2.86 bits per heavy atom.